The van der Waals surface area contributed by atoms with Gasteiger partial charge in [-0.25, -0.2) is 0 Å². The van der Waals surface area contributed by atoms with Gasteiger partial charge in [0.15, 0.2) is 17.3 Å². The molecule has 5 rings (SSSR count). The van der Waals surface area contributed by atoms with Crippen molar-refractivity contribution in [2.45, 2.75) is 11.5 Å². The van der Waals surface area contributed by atoms with Gasteiger partial charge in [-0.2, -0.15) is 0 Å². The third kappa shape index (κ3) is 2.83. The molecule has 1 saturated heterocycles. The van der Waals surface area contributed by atoms with E-state index in [0.717, 1.165) is 5.56 Å². The largest absolute Gasteiger partial charge is 0.504 e. The van der Waals surface area contributed by atoms with Crippen LogP contribution < -0.4 is 5.32 Å². The Bertz CT molecular complexity index is 1260. The Kier molecular flexibility index (Phi) is 4.73. The van der Waals surface area contributed by atoms with E-state index in [2.05, 4.69) is 5.32 Å². The Hall–Kier alpha value is -3.35. The second-order valence-corrected chi connectivity index (χ2v) is 8.79. The van der Waals surface area contributed by atoms with Gasteiger partial charge in [0.1, 0.15) is 5.54 Å². The highest BCUT2D eigenvalue weighted by molar-refractivity contribution is 6.31. The van der Waals surface area contributed by atoms with Gasteiger partial charge < -0.3 is 15.5 Å². The number of Topliss-reactive ketones (excluding diaryl/α,β-unsaturated/α-hetero) is 1. The Morgan fingerprint density at radius 3 is 2.59 bits per heavy atom. The fourth-order valence-corrected chi connectivity index (χ4v) is 5.48. The number of phenolic OH excluding ortho intramolecular Hbond substituents is 2. The van der Waals surface area contributed by atoms with Crippen LogP contribution in [-0.2, 0) is 10.3 Å². The molecular formula is C25H21ClN2O4. The predicted molar refractivity (Wildman–Crippen MR) is 121 cm³/mol. The zero-order chi connectivity index (χ0) is 22.6. The molecule has 2 heterocycles. The van der Waals surface area contributed by atoms with E-state index in [-0.39, 0.29) is 23.2 Å². The normalized spacial score (nSPS) is 24.5. The van der Waals surface area contributed by atoms with Crippen LogP contribution in [0.3, 0.4) is 0 Å². The first-order chi connectivity index (χ1) is 15.3. The van der Waals surface area contributed by atoms with Gasteiger partial charge in [0.05, 0.1) is 5.92 Å². The summed E-state index contributed by atoms with van der Waals surface area (Å²) in [7, 11) is 1.83. The number of amides is 1. The van der Waals surface area contributed by atoms with Crippen LogP contribution in [0.25, 0.3) is 0 Å². The SMILES string of the molecule is CN1CC(c2ccc(O)c(O)c2)C(C(=O)c2cccc(Cl)c2)C12C(=O)Nc1ccccc12. The fraction of sp³-hybridized carbons (Fsp3) is 0.200. The summed E-state index contributed by atoms with van der Waals surface area (Å²) in [6, 6.07) is 18.7. The molecule has 3 unspecified atom stereocenters. The van der Waals surface area contributed by atoms with Crippen LogP contribution in [0.1, 0.15) is 27.4 Å². The Balaban J connectivity index is 1.74. The molecule has 162 valence electrons. The van der Waals surface area contributed by atoms with Crippen molar-refractivity contribution >= 4 is 29.0 Å². The first-order valence-corrected chi connectivity index (χ1v) is 10.7. The molecule has 32 heavy (non-hydrogen) atoms. The first kappa shape index (κ1) is 20.5. The number of hydrogen-bond donors (Lipinski definition) is 3. The standard InChI is InChI=1S/C25H21ClN2O4/c1-28-13-17(14-9-10-20(29)21(30)12-14)22(23(31)15-5-4-6-16(26)11-15)25(28)18-7-2-3-8-19(18)27-24(25)32/h2-12,17,22,29-30H,13H2,1H3,(H,27,32). The molecule has 0 bridgehead atoms. The van der Waals surface area contributed by atoms with Gasteiger partial charge in [0, 0.05) is 34.3 Å². The monoisotopic (exact) mass is 448 g/mol. The van der Waals surface area contributed by atoms with Crippen molar-refractivity contribution in [3.8, 4) is 11.5 Å². The lowest BCUT2D eigenvalue weighted by Crippen LogP contribution is -2.51. The van der Waals surface area contributed by atoms with E-state index >= 15 is 0 Å². The third-order valence-corrected chi connectivity index (χ3v) is 6.91. The van der Waals surface area contributed by atoms with Crippen molar-refractivity contribution in [3.05, 3.63) is 88.4 Å². The van der Waals surface area contributed by atoms with E-state index in [9.17, 15) is 19.8 Å². The lowest BCUT2D eigenvalue weighted by atomic mass is 9.70. The lowest BCUT2D eigenvalue weighted by Gasteiger charge is -2.35. The molecule has 3 aromatic carbocycles. The smallest absolute Gasteiger partial charge is 0.250 e. The van der Waals surface area contributed by atoms with Crippen LogP contribution in [0.5, 0.6) is 11.5 Å². The summed E-state index contributed by atoms with van der Waals surface area (Å²) in [5.41, 5.74) is 1.30. The Morgan fingerprint density at radius 1 is 1.06 bits per heavy atom. The number of aromatic hydroxyl groups is 2. The number of nitrogens with one attached hydrogen (secondary N) is 1. The molecular weight excluding hydrogens is 428 g/mol. The molecule has 1 spiro atoms. The molecule has 0 aromatic heterocycles. The molecule has 6 nitrogen and oxygen atoms in total. The summed E-state index contributed by atoms with van der Waals surface area (Å²) in [5, 5.41) is 23.3. The molecule has 0 radical (unpaired) electrons. The maximum Gasteiger partial charge on any atom is 0.250 e. The number of likely N-dealkylation sites (tertiary alicyclic amines) is 1. The van der Waals surface area contributed by atoms with E-state index in [1.54, 1.807) is 30.3 Å². The van der Waals surface area contributed by atoms with Crippen LogP contribution in [0.15, 0.2) is 66.7 Å². The summed E-state index contributed by atoms with van der Waals surface area (Å²) >= 11 is 6.17. The van der Waals surface area contributed by atoms with E-state index in [1.807, 2.05) is 36.2 Å². The molecule has 2 aliphatic rings. The minimum absolute atomic E-state index is 0.207. The van der Waals surface area contributed by atoms with Crippen molar-refractivity contribution in [2.75, 3.05) is 18.9 Å². The van der Waals surface area contributed by atoms with Gasteiger partial charge in [0.25, 0.3) is 0 Å². The van der Waals surface area contributed by atoms with Gasteiger partial charge >= 0.3 is 0 Å². The van der Waals surface area contributed by atoms with Crippen LogP contribution in [0, 0.1) is 5.92 Å². The number of phenols is 2. The number of likely N-dealkylation sites (N-methyl/N-ethyl adjacent to an activating group) is 1. The topological polar surface area (TPSA) is 89.9 Å². The number of nitrogens with zero attached hydrogens (tertiary/aromatic N) is 1. The van der Waals surface area contributed by atoms with Crippen molar-refractivity contribution in [1.29, 1.82) is 0 Å². The van der Waals surface area contributed by atoms with Gasteiger partial charge in [-0.05, 0) is 42.9 Å². The van der Waals surface area contributed by atoms with Gasteiger partial charge in [-0.3, -0.25) is 14.5 Å². The van der Waals surface area contributed by atoms with E-state index in [4.69, 9.17) is 11.6 Å². The highest BCUT2D eigenvalue weighted by atomic mass is 35.5. The molecule has 0 aliphatic carbocycles. The minimum atomic E-state index is -1.21. The zero-order valence-electron chi connectivity index (χ0n) is 17.2. The molecule has 7 heteroatoms. The highest BCUT2D eigenvalue weighted by Gasteiger charge is 2.64. The van der Waals surface area contributed by atoms with Crippen LogP contribution in [0.2, 0.25) is 5.02 Å². The average molecular weight is 449 g/mol. The quantitative estimate of drug-likeness (QED) is 0.414. The molecule has 3 aromatic rings. The number of hydrogen-bond acceptors (Lipinski definition) is 5. The van der Waals surface area contributed by atoms with E-state index < -0.39 is 17.4 Å². The van der Waals surface area contributed by atoms with Gasteiger partial charge in [-0.15, -0.1) is 0 Å². The molecule has 3 N–H and O–H groups in total. The average Bonchev–Trinajstić information content (AvgIpc) is 3.25. The number of ketones is 1. The number of rotatable bonds is 3. The number of fused-ring (bicyclic) bond motifs is 2. The van der Waals surface area contributed by atoms with Crippen molar-refractivity contribution in [2.24, 2.45) is 5.92 Å². The summed E-state index contributed by atoms with van der Waals surface area (Å²) in [4.78, 5) is 29.5. The first-order valence-electron chi connectivity index (χ1n) is 10.3. The number of benzene rings is 3. The van der Waals surface area contributed by atoms with Crippen LogP contribution >= 0.6 is 11.6 Å². The molecule has 1 amide bonds. The highest BCUT2D eigenvalue weighted by Crippen LogP contribution is 2.55. The summed E-state index contributed by atoms with van der Waals surface area (Å²) < 4.78 is 0. The minimum Gasteiger partial charge on any atom is -0.504 e. The van der Waals surface area contributed by atoms with Crippen molar-refractivity contribution < 1.29 is 19.8 Å². The van der Waals surface area contributed by atoms with Crippen molar-refractivity contribution in [3.63, 3.8) is 0 Å². The van der Waals surface area contributed by atoms with Crippen LogP contribution in [0.4, 0.5) is 5.69 Å². The molecule has 3 atom stereocenters. The Morgan fingerprint density at radius 2 is 1.84 bits per heavy atom. The lowest BCUT2D eigenvalue weighted by molar-refractivity contribution is -0.126. The molecule has 1 fully saturated rings. The number of anilines is 1. The number of para-hydroxylation sites is 1. The van der Waals surface area contributed by atoms with Crippen molar-refractivity contribution in [1.82, 2.24) is 4.90 Å². The summed E-state index contributed by atoms with van der Waals surface area (Å²) in [5.74, 6) is -2.16. The fourth-order valence-electron chi connectivity index (χ4n) is 5.29. The Labute approximate surface area is 190 Å². The second-order valence-electron chi connectivity index (χ2n) is 8.35. The van der Waals surface area contributed by atoms with Gasteiger partial charge in [0.2, 0.25) is 5.91 Å². The second kappa shape index (κ2) is 7.36. The maximum absolute atomic E-state index is 14.0. The predicted octanol–water partition coefficient (Wildman–Crippen LogP) is 4.13. The molecule has 0 saturated carbocycles. The summed E-state index contributed by atoms with van der Waals surface area (Å²) in [6.07, 6.45) is 0. The third-order valence-electron chi connectivity index (χ3n) is 6.68. The maximum atomic E-state index is 14.0. The molecule has 2 aliphatic heterocycles. The van der Waals surface area contributed by atoms with Crippen LogP contribution in [-0.4, -0.2) is 40.4 Å². The van der Waals surface area contributed by atoms with E-state index in [1.165, 1.54) is 12.1 Å². The number of carbonyl (C=O) groups excluding carboxylic acids is 2. The van der Waals surface area contributed by atoms with Gasteiger partial charge in [-0.1, -0.05) is 48.0 Å². The van der Waals surface area contributed by atoms with E-state index in [0.29, 0.717) is 28.4 Å². The number of carbonyl (C=O) groups is 2. The summed E-state index contributed by atoms with van der Waals surface area (Å²) in [6.45, 7) is 0.406. The number of halogens is 1. The zero-order valence-corrected chi connectivity index (χ0v) is 18.0.